The van der Waals surface area contributed by atoms with Crippen molar-refractivity contribution in [3.05, 3.63) is 12.2 Å². The number of amides is 1. The molecule has 0 saturated heterocycles. The van der Waals surface area contributed by atoms with E-state index in [4.69, 9.17) is 9.84 Å². The van der Waals surface area contributed by atoms with Crippen molar-refractivity contribution in [3.8, 4) is 0 Å². The van der Waals surface area contributed by atoms with Crippen molar-refractivity contribution in [1.29, 1.82) is 0 Å². The largest absolute Gasteiger partial charge is 0.444 e. The van der Waals surface area contributed by atoms with Crippen molar-refractivity contribution >= 4 is 6.09 Å². The number of fused-ring (bicyclic) bond motifs is 2. The van der Waals surface area contributed by atoms with Crippen molar-refractivity contribution in [2.75, 3.05) is 6.61 Å². The van der Waals surface area contributed by atoms with Crippen molar-refractivity contribution in [2.24, 2.45) is 23.2 Å². The van der Waals surface area contributed by atoms with Crippen molar-refractivity contribution in [1.82, 2.24) is 5.32 Å². The van der Waals surface area contributed by atoms with Crippen molar-refractivity contribution in [3.63, 3.8) is 0 Å². The van der Waals surface area contributed by atoms with Gasteiger partial charge in [-0.2, -0.15) is 0 Å². The van der Waals surface area contributed by atoms with E-state index in [-0.39, 0.29) is 18.7 Å². The van der Waals surface area contributed by atoms with Crippen molar-refractivity contribution < 1.29 is 14.6 Å². The van der Waals surface area contributed by atoms with E-state index in [1.165, 1.54) is 6.42 Å². The Morgan fingerprint density at radius 1 is 1.32 bits per heavy atom. The number of hydrogen-bond donors (Lipinski definition) is 2. The molecule has 0 aromatic heterocycles. The van der Waals surface area contributed by atoms with E-state index in [1.54, 1.807) is 6.08 Å². The monoisotopic (exact) mass is 309 g/mol. The molecule has 3 saturated carbocycles. The molecule has 0 aromatic rings. The number of carbonyl (C=O) groups excluding carboxylic acids is 1. The van der Waals surface area contributed by atoms with Gasteiger partial charge in [0, 0.05) is 6.04 Å². The van der Waals surface area contributed by atoms with E-state index in [0.717, 1.165) is 18.8 Å². The van der Waals surface area contributed by atoms with Gasteiger partial charge >= 0.3 is 6.09 Å². The molecular formula is C18H31NO3. The third-order valence-corrected chi connectivity index (χ3v) is 5.47. The maximum Gasteiger partial charge on any atom is 0.407 e. The Morgan fingerprint density at radius 3 is 2.55 bits per heavy atom. The highest BCUT2D eigenvalue weighted by Crippen LogP contribution is 2.61. The summed E-state index contributed by atoms with van der Waals surface area (Å²) in [5, 5.41) is 12.0. The van der Waals surface area contributed by atoms with E-state index >= 15 is 0 Å². The normalized spacial score (nSPS) is 33.4. The van der Waals surface area contributed by atoms with Gasteiger partial charge in [0.15, 0.2) is 0 Å². The zero-order valence-corrected chi connectivity index (χ0v) is 14.6. The van der Waals surface area contributed by atoms with E-state index < -0.39 is 5.60 Å². The molecule has 3 aliphatic carbocycles. The minimum Gasteiger partial charge on any atom is -0.444 e. The van der Waals surface area contributed by atoms with E-state index in [2.05, 4.69) is 19.2 Å². The van der Waals surface area contributed by atoms with Crippen LogP contribution >= 0.6 is 0 Å². The maximum absolute atomic E-state index is 12.2. The number of aliphatic hydroxyl groups is 1. The molecule has 0 aliphatic heterocycles. The summed E-state index contributed by atoms with van der Waals surface area (Å²) in [4.78, 5) is 12.2. The summed E-state index contributed by atoms with van der Waals surface area (Å²) in [5.41, 5.74) is -0.167. The Hall–Kier alpha value is -1.03. The summed E-state index contributed by atoms with van der Waals surface area (Å²) >= 11 is 0. The lowest BCUT2D eigenvalue weighted by molar-refractivity contribution is -0.113. The third kappa shape index (κ3) is 3.65. The molecule has 0 radical (unpaired) electrons. The molecule has 4 nitrogen and oxygen atoms in total. The molecular weight excluding hydrogens is 278 g/mol. The Bertz CT molecular complexity index is 436. The zero-order valence-electron chi connectivity index (χ0n) is 14.6. The number of hydrogen-bond acceptors (Lipinski definition) is 3. The average Bonchev–Trinajstić information content (AvgIpc) is 2.37. The lowest BCUT2D eigenvalue weighted by atomic mass is 9.44. The zero-order chi connectivity index (χ0) is 16.5. The number of allylic oxidation sites excluding steroid dienone is 1. The molecule has 3 aliphatic rings. The van der Waals surface area contributed by atoms with E-state index in [9.17, 15) is 4.79 Å². The first kappa shape index (κ1) is 17.3. The molecule has 3 fully saturated rings. The summed E-state index contributed by atoms with van der Waals surface area (Å²) in [6.45, 7) is 10.4. The second kappa shape index (κ2) is 6.23. The van der Waals surface area contributed by atoms with Crippen LogP contribution in [0.5, 0.6) is 0 Å². The second-order valence-electron chi connectivity index (χ2n) is 8.42. The van der Waals surface area contributed by atoms with Crippen LogP contribution in [0.2, 0.25) is 0 Å². The first-order chi connectivity index (χ1) is 10.1. The van der Waals surface area contributed by atoms with Gasteiger partial charge in [-0.25, -0.2) is 4.79 Å². The van der Waals surface area contributed by atoms with Gasteiger partial charge in [0.25, 0.3) is 0 Å². The molecule has 126 valence electrons. The molecule has 0 aromatic carbocycles. The fourth-order valence-electron chi connectivity index (χ4n) is 4.16. The predicted molar refractivity (Wildman–Crippen MR) is 87.5 cm³/mol. The standard InChI is InChI=1S/C18H31NO3/c1-17(2,3)22-16(21)19-15-12(8-6-7-9-20)10-13-11-14(15)18(13,4)5/h6-7,12-15,20H,8-11H2,1-5H3,(H,19,21)/b7-6-/t12-,13+,14+,15+/m0/s1. The van der Waals surface area contributed by atoms with E-state index in [0.29, 0.717) is 17.3 Å². The van der Waals surface area contributed by atoms with Gasteiger partial charge in [0.2, 0.25) is 0 Å². The SMILES string of the molecule is CC(C)(C)OC(=O)N[C@@H]1[C@@H](C/C=C\CO)C[C@@H]2C[C@H]1C2(C)C. The smallest absolute Gasteiger partial charge is 0.407 e. The lowest BCUT2D eigenvalue weighted by Crippen LogP contribution is -2.63. The number of carbonyl (C=O) groups is 1. The van der Waals surface area contributed by atoms with E-state index in [1.807, 2.05) is 26.8 Å². The number of nitrogens with one attached hydrogen (secondary N) is 1. The molecule has 4 atom stereocenters. The summed E-state index contributed by atoms with van der Waals surface area (Å²) in [7, 11) is 0. The van der Waals surface area contributed by atoms with Crippen LogP contribution in [0.3, 0.4) is 0 Å². The molecule has 0 heterocycles. The minimum atomic E-state index is -0.470. The number of ether oxygens (including phenoxy) is 1. The molecule has 2 bridgehead atoms. The average molecular weight is 309 g/mol. The Morgan fingerprint density at radius 2 is 2.00 bits per heavy atom. The van der Waals surface area contributed by atoms with Crippen molar-refractivity contribution in [2.45, 2.75) is 65.5 Å². The van der Waals surface area contributed by atoms with Gasteiger partial charge < -0.3 is 15.2 Å². The first-order valence-corrected chi connectivity index (χ1v) is 8.40. The summed E-state index contributed by atoms with van der Waals surface area (Å²) in [5.74, 6) is 1.71. The molecule has 1 amide bonds. The molecule has 2 N–H and O–H groups in total. The molecule has 0 spiro atoms. The van der Waals surface area contributed by atoms with Gasteiger partial charge in [0.05, 0.1) is 6.61 Å². The quantitative estimate of drug-likeness (QED) is 0.781. The topological polar surface area (TPSA) is 58.6 Å². The fourth-order valence-corrected chi connectivity index (χ4v) is 4.16. The first-order valence-electron chi connectivity index (χ1n) is 8.40. The fraction of sp³-hybridized carbons (Fsp3) is 0.833. The van der Waals surface area contributed by atoms with Crippen LogP contribution in [0.25, 0.3) is 0 Å². The molecule has 0 unspecified atom stereocenters. The van der Waals surface area contributed by atoms with Crippen LogP contribution in [0.1, 0.15) is 53.9 Å². The molecule has 4 heteroatoms. The third-order valence-electron chi connectivity index (χ3n) is 5.47. The highest BCUT2D eigenvalue weighted by molar-refractivity contribution is 5.68. The van der Waals surface area contributed by atoms with Crippen LogP contribution in [-0.2, 0) is 4.74 Å². The van der Waals surface area contributed by atoms with Gasteiger partial charge in [0.1, 0.15) is 5.60 Å². The Labute approximate surface area is 134 Å². The molecule has 3 rings (SSSR count). The summed E-state index contributed by atoms with van der Waals surface area (Å²) < 4.78 is 5.44. The lowest BCUT2D eigenvalue weighted by Gasteiger charge is -2.62. The Kier molecular flexibility index (Phi) is 4.90. The number of aliphatic hydroxyl groups excluding tert-OH is 1. The summed E-state index contributed by atoms with van der Waals surface area (Å²) in [6.07, 6.45) is 6.76. The van der Waals surface area contributed by atoms with Gasteiger partial charge in [-0.15, -0.1) is 0 Å². The Balaban J connectivity index is 2.04. The van der Waals surface area contributed by atoms with Gasteiger partial charge in [-0.05, 0) is 63.2 Å². The maximum atomic E-state index is 12.2. The number of alkyl carbamates (subject to hydrolysis) is 1. The number of rotatable bonds is 4. The highest BCUT2D eigenvalue weighted by Gasteiger charge is 2.57. The van der Waals surface area contributed by atoms with Crippen LogP contribution in [0.4, 0.5) is 4.79 Å². The van der Waals surface area contributed by atoms with Crippen LogP contribution in [0.15, 0.2) is 12.2 Å². The van der Waals surface area contributed by atoms with Crippen LogP contribution < -0.4 is 5.32 Å². The van der Waals surface area contributed by atoms with Crippen LogP contribution in [-0.4, -0.2) is 29.4 Å². The van der Waals surface area contributed by atoms with Gasteiger partial charge in [-0.3, -0.25) is 0 Å². The van der Waals surface area contributed by atoms with Gasteiger partial charge in [-0.1, -0.05) is 26.0 Å². The van der Waals surface area contributed by atoms with Crippen LogP contribution in [0, 0.1) is 23.2 Å². The molecule has 22 heavy (non-hydrogen) atoms. The second-order valence-corrected chi connectivity index (χ2v) is 8.42. The highest BCUT2D eigenvalue weighted by atomic mass is 16.6. The summed E-state index contributed by atoms with van der Waals surface area (Å²) in [6, 6.07) is 0.165. The minimum absolute atomic E-state index is 0.0786. The predicted octanol–water partition coefficient (Wildman–Crippen LogP) is 3.50.